The van der Waals surface area contributed by atoms with Gasteiger partial charge in [0.1, 0.15) is 6.54 Å². The third-order valence-electron chi connectivity index (χ3n) is 5.99. The summed E-state index contributed by atoms with van der Waals surface area (Å²) in [5.41, 5.74) is 1.15. The highest BCUT2D eigenvalue weighted by Gasteiger charge is 2.28. The van der Waals surface area contributed by atoms with E-state index in [1.54, 1.807) is 72.8 Å². The second-order valence-electron chi connectivity index (χ2n) is 8.46. The molecule has 182 valence electrons. The zero-order chi connectivity index (χ0) is 24.7. The van der Waals surface area contributed by atoms with E-state index < -0.39 is 22.5 Å². The normalized spacial score (nSPS) is 14.1. The first-order valence-corrected chi connectivity index (χ1v) is 13.2. The number of nitrogens with zero attached hydrogens (tertiary/aromatic N) is 2. The Kier molecular flexibility index (Phi) is 7.82. The van der Waals surface area contributed by atoms with E-state index in [0.717, 1.165) is 30.0 Å². The topological polar surface area (TPSA) is 86.8 Å². The second-order valence-corrected chi connectivity index (χ2v) is 10.3. The van der Waals surface area contributed by atoms with E-state index in [1.807, 2.05) is 4.90 Å². The average molecular weight is 492 g/mol. The minimum absolute atomic E-state index is 0.0911. The van der Waals surface area contributed by atoms with Gasteiger partial charge in [-0.2, -0.15) is 0 Å². The smallest absolute Gasteiger partial charge is 0.264 e. The zero-order valence-corrected chi connectivity index (χ0v) is 20.3. The SMILES string of the molecule is O=C(CN(c1ccccc1)S(=O)(=O)c1ccccc1)Nc1ccccc1C(=O)N1CCCCCC1. The van der Waals surface area contributed by atoms with E-state index in [1.165, 1.54) is 12.1 Å². The van der Waals surface area contributed by atoms with E-state index in [-0.39, 0.29) is 10.8 Å². The Hall–Kier alpha value is -3.65. The number of carbonyl (C=O) groups excluding carboxylic acids is 2. The van der Waals surface area contributed by atoms with Gasteiger partial charge in [0.05, 0.1) is 21.8 Å². The highest BCUT2D eigenvalue weighted by Crippen LogP contribution is 2.24. The number of hydrogen-bond acceptors (Lipinski definition) is 4. The third kappa shape index (κ3) is 5.89. The summed E-state index contributed by atoms with van der Waals surface area (Å²) in [5, 5.41) is 2.78. The summed E-state index contributed by atoms with van der Waals surface area (Å²) in [6.07, 6.45) is 4.13. The van der Waals surface area contributed by atoms with Crippen LogP contribution in [0.25, 0.3) is 0 Å². The molecule has 2 amide bonds. The number of anilines is 2. The predicted molar refractivity (Wildman–Crippen MR) is 137 cm³/mol. The number of likely N-dealkylation sites (tertiary alicyclic amines) is 1. The maximum absolute atomic E-state index is 13.4. The summed E-state index contributed by atoms with van der Waals surface area (Å²) in [4.78, 5) is 28.3. The number of nitrogens with one attached hydrogen (secondary N) is 1. The third-order valence-corrected chi connectivity index (χ3v) is 7.78. The number of carbonyl (C=O) groups is 2. The molecular weight excluding hydrogens is 462 g/mol. The van der Waals surface area contributed by atoms with Gasteiger partial charge >= 0.3 is 0 Å². The van der Waals surface area contributed by atoms with Crippen LogP contribution in [-0.2, 0) is 14.8 Å². The van der Waals surface area contributed by atoms with E-state index in [9.17, 15) is 18.0 Å². The van der Waals surface area contributed by atoms with Gasteiger partial charge in [-0.15, -0.1) is 0 Å². The van der Waals surface area contributed by atoms with Crippen molar-refractivity contribution in [1.82, 2.24) is 4.90 Å². The van der Waals surface area contributed by atoms with Crippen molar-refractivity contribution in [3.05, 3.63) is 90.5 Å². The highest BCUT2D eigenvalue weighted by molar-refractivity contribution is 7.92. The number of rotatable bonds is 7. The number of sulfonamides is 1. The summed E-state index contributed by atoms with van der Waals surface area (Å²) < 4.78 is 27.9. The standard InChI is InChI=1S/C27H29N3O4S/c31-26(28-25-18-10-9-17-24(25)27(32)29-19-11-1-2-12-20-29)21-30(22-13-5-3-6-14-22)35(33,34)23-15-7-4-8-16-23/h3-10,13-18H,1-2,11-12,19-21H2,(H,28,31). The van der Waals surface area contributed by atoms with Crippen molar-refractivity contribution in [2.24, 2.45) is 0 Å². The van der Waals surface area contributed by atoms with Crippen LogP contribution in [0.1, 0.15) is 36.0 Å². The molecule has 0 unspecified atom stereocenters. The van der Waals surface area contributed by atoms with E-state index in [2.05, 4.69) is 5.32 Å². The van der Waals surface area contributed by atoms with Crippen LogP contribution in [0.4, 0.5) is 11.4 Å². The van der Waals surface area contributed by atoms with E-state index in [4.69, 9.17) is 0 Å². The largest absolute Gasteiger partial charge is 0.339 e. The molecule has 1 saturated heterocycles. The molecule has 0 bridgehead atoms. The molecule has 0 spiro atoms. The van der Waals surface area contributed by atoms with Crippen molar-refractivity contribution in [2.45, 2.75) is 30.6 Å². The molecule has 0 saturated carbocycles. The van der Waals surface area contributed by atoms with Crippen molar-refractivity contribution in [3.8, 4) is 0 Å². The van der Waals surface area contributed by atoms with Crippen LogP contribution < -0.4 is 9.62 Å². The molecule has 0 aliphatic carbocycles. The lowest BCUT2D eigenvalue weighted by Gasteiger charge is -2.25. The minimum Gasteiger partial charge on any atom is -0.339 e. The first-order chi connectivity index (χ1) is 17.0. The fourth-order valence-electron chi connectivity index (χ4n) is 4.17. The Morgan fingerprint density at radius 2 is 1.34 bits per heavy atom. The molecule has 3 aromatic rings. The Balaban J connectivity index is 1.58. The molecule has 1 N–H and O–H groups in total. The van der Waals surface area contributed by atoms with Crippen molar-refractivity contribution in [3.63, 3.8) is 0 Å². The Bertz CT molecular complexity index is 1260. The summed E-state index contributed by atoms with van der Waals surface area (Å²) in [7, 11) is -3.99. The number of para-hydroxylation sites is 2. The van der Waals surface area contributed by atoms with Crippen LogP contribution >= 0.6 is 0 Å². The highest BCUT2D eigenvalue weighted by atomic mass is 32.2. The van der Waals surface area contributed by atoms with Crippen LogP contribution in [0.5, 0.6) is 0 Å². The van der Waals surface area contributed by atoms with Gasteiger partial charge in [-0.05, 0) is 49.2 Å². The molecule has 8 heteroatoms. The van der Waals surface area contributed by atoms with E-state index in [0.29, 0.717) is 30.0 Å². The molecule has 1 fully saturated rings. The van der Waals surface area contributed by atoms with Gasteiger partial charge in [0.2, 0.25) is 5.91 Å². The summed E-state index contributed by atoms with van der Waals surface area (Å²) >= 11 is 0. The molecule has 0 aromatic heterocycles. The lowest BCUT2D eigenvalue weighted by atomic mass is 10.1. The molecule has 1 aliphatic heterocycles. The van der Waals surface area contributed by atoms with Gasteiger partial charge in [0.25, 0.3) is 15.9 Å². The zero-order valence-electron chi connectivity index (χ0n) is 19.5. The summed E-state index contributed by atoms with van der Waals surface area (Å²) in [5.74, 6) is -0.663. The second kappa shape index (κ2) is 11.2. The quantitative estimate of drug-likeness (QED) is 0.526. The minimum atomic E-state index is -3.99. The van der Waals surface area contributed by atoms with Gasteiger partial charge in [-0.25, -0.2) is 8.42 Å². The number of benzene rings is 3. The molecular formula is C27H29N3O4S. The predicted octanol–water partition coefficient (Wildman–Crippen LogP) is 4.54. The fraction of sp³-hybridized carbons (Fsp3) is 0.259. The van der Waals surface area contributed by atoms with Gasteiger partial charge < -0.3 is 10.2 Å². The Morgan fingerprint density at radius 3 is 2.00 bits per heavy atom. The van der Waals surface area contributed by atoms with Gasteiger partial charge in [0.15, 0.2) is 0 Å². The molecule has 0 radical (unpaired) electrons. The first kappa shape index (κ1) is 24.5. The first-order valence-electron chi connectivity index (χ1n) is 11.8. The van der Waals surface area contributed by atoms with Crippen molar-refractivity contribution in [2.75, 3.05) is 29.3 Å². The Labute approximate surface area is 206 Å². The fourth-order valence-corrected chi connectivity index (χ4v) is 5.61. The van der Waals surface area contributed by atoms with Crippen molar-refractivity contribution >= 4 is 33.2 Å². The van der Waals surface area contributed by atoms with Crippen LogP contribution in [0.2, 0.25) is 0 Å². The molecule has 3 aromatic carbocycles. The van der Waals surface area contributed by atoms with Crippen LogP contribution in [0.15, 0.2) is 89.8 Å². The molecule has 1 aliphatic rings. The van der Waals surface area contributed by atoms with Crippen LogP contribution in [-0.4, -0.2) is 44.8 Å². The monoisotopic (exact) mass is 491 g/mol. The van der Waals surface area contributed by atoms with Crippen LogP contribution in [0.3, 0.4) is 0 Å². The van der Waals surface area contributed by atoms with Gasteiger partial charge in [0, 0.05) is 13.1 Å². The van der Waals surface area contributed by atoms with E-state index >= 15 is 0 Å². The Morgan fingerprint density at radius 1 is 0.771 bits per heavy atom. The average Bonchev–Trinajstić information content (AvgIpc) is 3.18. The molecule has 7 nitrogen and oxygen atoms in total. The number of amides is 2. The van der Waals surface area contributed by atoms with Gasteiger partial charge in [-0.3, -0.25) is 13.9 Å². The summed E-state index contributed by atoms with van der Waals surface area (Å²) in [6, 6.07) is 23.4. The molecule has 1 heterocycles. The van der Waals surface area contributed by atoms with Crippen molar-refractivity contribution < 1.29 is 18.0 Å². The maximum atomic E-state index is 13.4. The molecule has 0 atom stereocenters. The lowest BCUT2D eigenvalue weighted by Crippen LogP contribution is -2.38. The maximum Gasteiger partial charge on any atom is 0.264 e. The summed E-state index contributed by atoms with van der Waals surface area (Å²) in [6.45, 7) is 0.948. The molecule has 4 rings (SSSR count). The number of hydrogen-bond donors (Lipinski definition) is 1. The van der Waals surface area contributed by atoms with Gasteiger partial charge in [-0.1, -0.05) is 61.4 Å². The lowest BCUT2D eigenvalue weighted by molar-refractivity contribution is -0.114. The van der Waals surface area contributed by atoms with Crippen molar-refractivity contribution in [1.29, 1.82) is 0 Å². The molecule has 35 heavy (non-hydrogen) atoms. The van der Waals surface area contributed by atoms with Crippen LogP contribution in [0, 0.1) is 0 Å².